The first-order valence-corrected chi connectivity index (χ1v) is 6.60. The smallest absolute Gasteiger partial charge is 0.271 e. The van der Waals surface area contributed by atoms with E-state index in [9.17, 15) is 9.90 Å². The van der Waals surface area contributed by atoms with Crippen LogP contribution >= 0.6 is 23.2 Å². The van der Waals surface area contributed by atoms with E-state index in [0.717, 1.165) is 0 Å². The summed E-state index contributed by atoms with van der Waals surface area (Å²) < 4.78 is 0. The van der Waals surface area contributed by atoms with Crippen LogP contribution in [-0.4, -0.2) is 17.2 Å². The number of nitrogens with one attached hydrogen (secondary N) is 1. The molecule has 0 fully saturated rings. The molecule has 0 unspecified atom stereocenters. The summed E-state index contributed by atoms with van der Waals surface area (Å²) in [6, 6.07) is 9.26. The molecule has 0 aliphatic carbocycles. The van der Waals surface area contributed by atoms with Gasteiger partial charge >= 0.3 is 0 Å². The molecule has 0 radical (unpaired) electrons. The van der Waals surface area contributed by atoms with E-state index in [1.165, 1.54) is 18.3 Å². The van der Waals surface area contributed by atoms with Crippen LogP contribution in [0.4, 0.5) is 5.69 Å². The summed E-state index contributed by atoms with van der Waals surface area (Å²) >= 11 is 11.6. The van der Waals surface area contributed by atoms with Crippen molar-refractivity contribution in [2.75, 3.05) is 5.73 Å². The van der Waals surface area contributed by atoms with Crippen LogP contribution in [-0.2, 0) is 0 Å². The van der Waals surface area contributed by atoms with Crippen molar-refractivity contribution in [3.8, 4) is 5.75 Å². The van der Waals surface area contributed by atoms with Gasteiger partial charge in [0, 0.05) is 21.8 Å². The van der Waals surface area contributed by atoms with Gasteiger partial charge in [-0.3, -0.25) is 4.79 Å². The molecule has 2 rings (SSSR count). The number of phenols is 1. The summed E-state index contributed by atoms with van der Waals surface area (Å²) in [5.74, 6) is -0.564. The molecule has 5 nitrogen and oxygen atoms in total. The van der Waals surface area contributed by atoms with Crippen LogP contribution < -0.4 is 11.2 Å². The number of hydrazone groups is 1. The predicted molar refractivity (Wildman–Crippen MR) is 84.0 cm³/mol. The molecule has 1 amide bonds. The average molecular weight is 324 g/mol. The molecule has 2 aromatic rings. The van der Waals surface area contributed by atoms with Crippen LogP contribution in [0.15, 0.2) is 41.5 Å². The molecule has 0 aromatic heterocycles. The second kappa shape index (κ2) is 6.47. The van der Waals surface area contributed by atoms with Crippen molar-refractivity contribution in [1.82, 2.24) is 5.43 Å². The number of nitrogens with zero attached hydrogens (tertiary/aromatic N) is 1. The third-order valence-corrected chi connectivity index (χ3v) is 3.11. The summed E-state index contributed by atoms with van der Waals surface area (Å²) in [6.07, 6.45) is 1.25. The first-order valence-electron chi connectivity index (χ1n) is 5.84. The summed E-state index contributed by atoms with van der Waals surface area (Å²) in [4.78, 5) is 11.8. The maximum Gasteiger partial charge on any atom is 0.271 e. The van der Waals surface area contributed by atoms with E-state index >= 15 is 0 Å². The molecule has 4 N–H and O–H groups in total. The minimum atomic E-state index is -0.404. The molecule has 7 heteroatoms. The van der Waals surface area contributed by atoms with Gasteiger partial charge in [-0.1, -0.05) is 23.2 Å². The Labute approximate surface area is 131 Å². The standard InChI is InChI=1S/C14H11Cl2N3O2/c15-10-5-9(13(20)12(16)6-10)7-18-19-14(21)8-1-3-11(17)4-2-8/h1-7,20H,17H2,(H,19,21)/b18-7-. The quantitative estimate of drug-likeness (QED) is 0.461. The molecular formula is C14H11Cl2N3O2. The van der Waals surface area contributed by atoms with E-state index in [0.29, 0.717) is 21.8 Å². The lowest BCUT2D eigenvalue weighted by Crippen LogP contribution is -2.17. The van der Waals surface area contributed by atoms with Crippen molar-refractivity contribution in [3.05, 3.63) is 57.6 Å². The second-order valence-corrected chi connectivity index (χ2v) is 4.99. The molecule has 0 saturated heterocycles. The fraction of sp³-hybridized carbons (Fsp3) is 0. The molecule has 0 spiro atoms. The SMILES string of the molecule is Nc1ccc(C(=O)N/N=C\c2cc(Cl)cc(Cl)c2O)cc1. The van der Waals surface area contributed by atoms with Gasteiger partial charge in [0.05, 0.1) is 11.2 Å². The Kier molecular flexibility index (Phi) is 4.67. The number of benzene rings is 2. The summed E-state index contributed by atoms with van der Waals surface area (Å²) in [5.41, 5.74) is 9.13. The molecule has 0 saturated carbocycles. The number of nitrogens with two attached hydrogens (primary N) is 1. The Bertz CT molecular complexity index is 700. The van der Waals surface area contributed by atoms with Gasteiger partial charge in [-0.25, -0.2) is 5.43 Å². The summed E-state index contributed by atoms with van der Waals surface area (Å²) in [7, 11) is 0. The van der Waals surface area contributed by atoms with Gasteiger partial charge in [0.25, 0.3) is 5.91 Å². The lowest BCUT2D eigenvalue weighted by molar-refractivity contribution is 0.0955. The first-order chi connectivity index (χ1) is 9.97. The van der Waals surface area contributed by atoms with Gasteiger partial charge in [-0.15, -0.1) is 0 Å². The van der Waals surface area contributed by atoms with Gasteiger partial charge < -0.3 is 10.8 Å². The van der Waals surface area contributed by atoms with Crippen molar-refractivity contribution in [2.24, 2.45) is 5.10 Å². The molecule has 2 aromatic carbocycles. The Morgan fingerprint density at radius 1 is 1.24 bits per heavy atom. The molecule has 0 aliphatic rings. The van der Waals surface area contributed by atoms with Crippen molar-refractivity contribution in [2.45, 2.75) is 0 Å². The number of hydrogen-bond donors (Lipinski definition) is 3. The molecule has 0 heterocycles. The molecule has 108 valence electrons. The van der Waals surface area contributed by atoms with Crippen LogP contribution in [0.25, 0.3) is 0 Å². The van der Waals surface area contributed by atoms with Gasteiger partial charge in [0.15, 0.2) is 0 Å². The Morgan fingerprint density at radius 2 is 1.90 bits per heavy atom. The second-order valence-electron chi connectivity index (χ2n) is 4.15. The number of halogens is 2. The molecule has 0 bridgehead atoms. The maximum atomic E-state index is 11.8. The monoisotopic (exact) mass is 323 g/mol. The highest BCUT2D eigenvalue weighted by atomic mass is 35.5. The van der Waals surface area contributed by atoms with Crippen molar-refractivity contribution in [3.63, 3.8) is 0 Å². The van der Waals surface area contributed by atoms with E-state index in [4.69, 9.17) is 28.9 Å². The number of rotatable bonds is 3. The number of amides is 1. The average Bonchev–Trinajstić information content (AvgIpc) is 2.44. The Hall–Kier alpha value is -2.24. The van der Waals surface area contributed by atoms with E-state index in [1.54, 1.807) is 24.3 Å². The summed E-state index contributed by atoms with van der Waals surface area (Å²) in [6.45, 7) is 0. The minimum Gasteiger partial charge on any atom is -0.506 e. The van der Waals surface area contributed by atoms with Gasteiger partial charge in [0.1, 0.15) is 5.75 Å². The fourth-order valence-corrected chi connectivity index (χ4v) is 2.05. The van der Waals surface area contributed by atoms with Crippen LogP contribution in [0.2, 0.25) is 10.0 Å². The number of aromatic hydroxyl groups is 1. The normalized spacial score (nSPS) is 10.8. The van der Waals surface area contributed by atoms with E-state index in [-0.39, 0.29) is 10.8 Å². The number of nitrogen functional groups attached to an aromatic ring is 1. The lowest BCUT2D eigenvalue weighted by atomic mass is 10.2. The predicted octanol–water partition coefficient (Wildman–Crippen LogP) is 3.05. The van der Waals surface area contributed by atoms with E-state index < -0.39 is 5.91 Å². The van der Waals surface area contributed by atoms with Gasteiger partial charge in [-0.2, -0.15) is 5.10 Å². The van der Waals surface area contributed by atoms with Crippen LogP contribution in [0.1, 0.15) is 15.9 Å². The minimum absolute atomic E-state index is 0.105. The van der Waals surface area contributed by atoms with E-state index in [2.05, 4.69) is 10.5 Å². The molecule has 21 heavy (non-hydrogen) atoms. The topological polar surface area (TPSA) is 87.7 Å². The maximum absolute atomic E-state index is 11.8. The van der Waals surface area contributed by atoms with Gasteiger partial charge in [-0.05, 0) is 36.4 Å². The zero-order chi connectivity index (χ0) is 15.4. The van der Waals surface area contributed by atoms with E-state index in [1.807, 2.05) is 0 Å². The van der Waals surface area contributed by atoms with Crippen molar-refractivity contribution >= 4 is 41.0 Å². The third kappa shape index (κ3) is 3.87. The molecule has 0 aliphatic heterocycles. The zero-order valence-electron chi connectivity index (χ0n) is 10.7. The van der Waals surface area contributed by atoms with Gasteiger partial charge in [0.2, 0.25) is 0 Å². The van der Waals surface area contributed by atoms with Crippen molar-refractivity contribution < 1.29 is 9.90 Å². The largest absolute Gasteiger partial charge is 0.506 e. The number of carbonyl (C=O) groups is 1. The lowest BCUT2D eigenvalue weighted by Gasteiger charge is -2.03. The van der Waals surface area contributed by atoms with Crippen LogP contribution in [0.3, 0.4) is 0 Å². The number of hydrogen-bond acceptors (Lipinski definition) is 4. The third-order valence-electron chi connectivity index (χ3n) is 2.60. The zero-order valence-corrected chi connectivity index (χ0v) is 12.2. The number of carbonyl (C=O) groups excluding carboxylic acids is 1. The first kappa shape index (κ1) is 15.2. The fourth-order valence-electron chi connectivity index (χ4n) is 1.54. The highest BCUT2D eigenvalue weighted by molar-refractivity contribution is 6.36. The van der Waals surface area contributed by atoms with Crippen LogP contribution in [0, 0.1) is 0 Å². The Morgan fingerprint density at radius 3 is 2.57 bits per heavy atom. The number of anilines is 1. The summed E-state index contributed by atoms with van der Waals surface area (Å²) in [5, 5.41) is 13.9. The van der Waals surface area contributed by atoms with Crippen molar-refractivity contribution in [1.29, 1.82) is 0 Å². The van der Waals surface area contributed by atoms with Crippen LogP contribution in [0.5, 0.6) is 5.75 Å². The highest BCUT2D eigenvalue weighted by Crippen LogP contribution is 2.29. The Balaban J connectivity index is 2.09. The number of phenolic OH excluding ortho intramolecular Hbond substituents is 1. The highest BCUT2D eigenvalue weighted by Gasteiger charge is 2.07. The molecule has 0 atom stereocenters. The molecular weight excluding hydrogens is 313 g/mol.